The molecule has 0 amide bonds. The van der Waals surface area contributed by atoms with Gasteiger partial charge in [0.15, 0.2) is 11.6 Å². The lowest BCUT2D eigenvalue weighted by Gasteiger charge is -2.07. The Morgan fingerprint density at radius 2 is 1.67 bits per heavy atom. The Labute approximate surface area is 152 Å². The molecule has 0 atom stereocenters. The monoisotopic (exact) mass is 367 g/mol. The van der Waals surface area contributed by atoms with Crippen LogP contribution < -0.4 is 5.32 Å². The fourth-order valence-electron chi connectivity index (χ4n) is 2.58. The molecule has 4 aromatic rings. The van der Waals surface area contributed by atoms with Crippen molar-refractivity contribution in [2.75, 3.05) is 5.32 Å². The topological polar surface area (TPSA) is 66.5 Å². The van der Waals surface area contributed by atoms with Gasteiger partial charge in [0.2, 0.25) is 5.95 Å². The number of H-pyrrole nitrogens is 1. The number of nitrogens with zero attached hydrogens (tertiary/aromatic N) is 3. The number of benzene rings is 2. The smallest absolute Gasteiger partial charge is 0.227 e. The number of rotatable bonds is 4. The third-order valence-corrected chi connectivity index (χ3v) is 3.84. The SMILES string of the molecule is Fc1ccc(-c2nc[nH]c2-c2ccnc(Nc3ccc(F)c(F)c3)n2)cc1. The van der Waals surface area contributed by atoms with Gasteiger partial charge in [0.25, 0.3) is 0 Å². The predicted molar refractivity (Wildman–Crippen MR) is 94.6 cm³/mol. The van der Waals surface area contributed by atoms with E-state index in [0.29, 0.717) is 22.8 Å². The van der Waals surface area contributed by atoms with Crippen LogP contribution in [0.5, 0.6) is 0 Å². The molecule has 0 aliphatic carbocycles. The van der Waals surface area contributed by atoms with Crippen LogP contribution in [0.25, 0.3) is 22.6 Å². The molecule has 2 aromatic carbocycles. The van der Waals surface area contributed by atoms with E-state index in [9.17, 15) is 13.2 Å². The van der Waals surface area contributed by atoms with Crippen molar-refractivity contribution in [3.8, 4) is 22.6 Å². The van der Waals surface area contributed by atoms with Crippen molar-refractivity contribution >= 4 is 11.6 Å². The van der Waals surface area contributed by atoms with Gasteiger partial charge in [-0.2, -0.15) is 0 Å². The van der Waals surface area contributed by atoms with E-state index in [1.165, 1.54) is 30.7 Å². The number of imidazole rings is 1. The summed E-state index contributed by atoms with van der Waals surface area (Å²) in [5, 5.41) is 2.83. The average molecular weight is 367 g/mol. The summed E-state index contributed by atoms with van der Waals surface area (Å²) >= 11 is 0. The van der Waals surface area contributed by atoms with E-state index in [-0.39, 0.29) is 11.8 Å². The first-order valence-corrected chi connectivity index (χ1v) is 7.95. The number of halogens is 3. The third-order valence-electron chi connectivity index (χ3n) is 3.84. The van der Waals surface area contributed by atoms with Crippen LogP contribution in [0, 0.1) is 17.5 Å². The van der Waals surface area contributed by atoms with E-state index < -0.39 is 11.6 Å². The molecule has 0 aliphatic rings. The Kier molecular flexibility index (Phi) is 4.29. The number of aromatic nitrogens is 4. The maximum absolute atomic E-state index is 13.4. The Morgan fingerprint density at radius 1 is 0.852 bits per heavy atom. The average Bonchev–Trinajstić information content (AvgIpc) is 3.15. The lowest BCUT2D eigenvalue weighted by atomic mass is 10.1. The first-order chi connectivity index (χ1) is 13.1. The first-order valence-electron chi connectivity index (χ1n) is 7.95. The molecule has 2 N–H and O–H groups in total. The van der Waals surface area contributed by atoms with Crippen LogP contribution >= 0.6 is 0 Å². The summed E-state index contributed by atoms with van der Waals surface area (Å²) in [5.74, 6) is -2.03. The third kappa shape index (κ3) is 3.50. The molecule has 0 saturated carbocycles. The highest BCUT2D eigenvalue weighted by Crippen LogP contribution is 2.28. The van der Waals surface area contributed by atoms with Crippen LogP contribution in [0.15, 0.2) is 61.1 Å². The summed E-state index contributed by atoms with van der Waals surface area (Å²) in [6, 6.07) is 11.0. The second kappa shape index (κ2) is 6.91. The summed E-state index contributed by atoms with van der Waals surface area (Å²) in [6.07, 6.45) is 3.04. The van der Waals surface area contributed by atoms with Gasteiger partial charge in [-0.15, -0.1) is 0 Å². The van der Waals surface area contributed by atoms with Gasteiger partial charge in [-0.25, -0.2) is 28.1 Å². The Hall–Kier alpha value is -3.68. The summed E-state index contributed by atoms with van der Waals surface area (Å²) in [5.41, 5.74) is 2.80. The molecule has 134 valence electrons. The maximum atomic E-state index is 13.4. The highest BCUT2D eigenvalue weighted by Gasteiger charge is 2.13. The zero-order chi connectivity index (χ0) is 18.8. The van der Waals surface area contributed by atoms with Crippen LogP contribution in [-0.4, -0.2) is 19.9 Å². The van der Waals surface area contributed by atoms with Crippen molar-refractivity contribution in [2.24, 2.45) is 0 Å². The molecule has 0 unspecified atom stereocenters. The molecular formula is C19H12F3N5. The fourth-order valence-corrected chi connectivity index (χ4v) is 2.58. The number of nitrogens with one attached hydrogen (secondary N) is 2. The van der Waals surface area contributed by atoms with Gasteiger partial charge in [0, 0.05) is 23.5 Å². The summed E-state index contributed by atoms with van der Waals surface area (Å²) < 4.78 is 39.6. The molecule has 0 fully saturated rings. The van der Waals surface area contributed by atoms with Crippen molar-refractivity contribution in [2.45, 2.75) is 0 Å². The van der Waals surface area contributed by atoms with Crippen molar-refractivity contribution in [1.82, 2.24) is 19.9 Å². The minimum Gasteiger partial charge on any atom is -0.343 e. The molecule has 0 saturated heterocycles. The molecule has 0 aliphatic heterocycles. The van der Waals surface area contributed by atoms with Crippen molar-refractivity contribution in [3.05, 3.63) is 78.5 Å². The Morgan fingerprint density at radius 3 is 2.44 bits per heavy atom. The van der Waals surface area contributed by atoms with E-state index >= 15 is 0 Å². The maximum Gasteiger partial charge on any atom is 0.227 e. The second-order valence-electron chi connectivity index (χ2n) is 5.65. The lowest BCUT2D eigenvalue weighted by Crippen LogP contribution is -1.99. The number of anilines is 2. The molecule has 5 nitrogen and oxygen atoms in total. The molecule has 4 rings (SSSR count). The van der Waals surface area contributed by atoms with E-state index in [4.69, 9.17) is 0 Å². The van der Waals surface area contributed by atoms with Crippen molar-refractivity contribution < 1.29 is 13.2 Å². The summed E-state index contributed by atoms with van der Waals surface area (Å²) in [4.78, 5) is 15.8. The molecule has 8 heteroatoms. The molecule has 2 aromatic heterocycles. The minimum absolute atomic E-state index is 0.207. The van der Waals surface area contributed by atoms with Crippen LogP contribution in [0.2, 0.25) is 0 Å². The van der Waals surface area contributed by atoms with Crippen LogP contribution in [0.3, 0.4) is 0 Å². The molecule has 0 radical (unpaired) electrons. The van der Waals surface area contributed by atoms with Crippen molar-refractivity contribution in [1.29, 1.82) is 0 Å². The van der Waals surface area contributed by atoms with Crippen LogP contribution in [0.4, 0.5) is 24.8 Å². The van der Waals surface area contributed by atoms with E-state index in [1.807, 2.05) is 0 Å². The van der Waals surface area contributed by atoms with Crippen molar-refractivity contribution in [3.63, 3.8) is 0 Å². The first kappa shape index (κ1) is 16.8. The standard InChI is InChI=1S/C19H12F3N5/c20-12-3-1-11(2-4-12)17-18(25-10-24-17)16-7-8-23-19(27-16)26-13-5-6-14(21)15(22)9-13/h1-10H,(H,24,25)(H,23,26,27). The minimum atomic E-state index is -0.969. The van der Waals surface area contributed by atoms with Gasteiger partial charge >= 0.3 is 0 Å². The second-order valence-corrected chi connectivity index (χ2v) is 5.65. The Bertz CT molecular complexity index is 1090. The molecular weight excluding hydrogens is 355 g/mol. The van der Waals surface area contributed by atoms with Gasteiger partial charge in [0.1, 0.15) is 5.82 Å². The zero-order valence-corrected chi connectivity index (χ0v) is 13.7. The lowest BCUT2D eigenvalue weighted by molar-refractivity contribution is 0.509. The zero-order valence-electron chi connectivity index (χ0n) is 13.7. The number of hydrogen-bond acceptors (Lipinski definition) is 4. The highest BCUT2D eigenvalue weighted by atomic mass is 19.2. The van der Waals surface area contributed by atoms with E-state index in [0.717, 1.165) is 17.7 Å². The highest BCUT2D eigenvalue weighted by molar-refractivity contribution is 5.76. The van der Waals surface area contributed by atoms with E-state index in [2.05, 4.69) is 25.3 Å². The van der Waals surface area contributed by atoms with Gasteiger partial charge < -0.3 is 10.3 Å². The van der Waals surface area contributed by atoms with Crippen LogP contribution in [0.1, 0.15) is 0 Å². The summed E-state index contributed by atoms with van der Waals surface area (Å²) in [7, 11) is 0. The van der Waals surface area contributed by atoms with Gasteiger partial charge in [0.05, 0.1) is 23.4 Å². The normalized spacial score (nSPS) is 10.8. The van der Waals surface area contributed by atoms with Gasteiger partial charge in [-0.05, 0) is 42.5 Å². The molecule has 2 heterocycles. The molecule has 0 bridgehead atoms. The quantitative estimate of drug-likeness (QED) is 0.549. The fraction of sp³-hybridized carbons (Fsp3) is 0. The van der Waals surface area contributed by atoms with Crippen LogP contribution in [-0.2, 0) is 0 Å². The largest absolute Gasteiger partial charge is 0.343 e. The van der Waals surface area contributed by atoms with Gasteiger partial charge in [-0.1, -0.05) is 0 Å². The number of hydrogen-bond donors (Lipinski definition) is 2. The van der Waals surface area contributed by atoms with E-state index in [1.54, 1.807) is 18.2 Å². The molecule has 0 spiro atoms. The number of aromatic amines is 1. The Balaban J connectivity index is 1.66. The summed E-state index contributed by atoms with van der Waals surface area (Å²) in [6.45, 7) is 0. The molecule has 27 heavy (non-hydrogen) atoms. The van der Waals surface area contributed by atoms with Gasteiger partial charge in [-0.3, -0.25) is 0 Å². The predicted octanol–water partition coefficient (Wildman–Crippen LogP) is 4.69.